The van der Waals surface area contributed by atoms with Gasteiger partial charge in [0.15, 0.2) is 5.69 Å². The van der Waals surface area contributed by atoms with Gasteiger partial charge in [-0.05, 0) is 43.6 Å². The lowest BCUT2D eigenvalue weighted by molar-refractivity contribution is -0.140. The van der Waals surface area contributed by atoms with E-state index in [4.69, 9.17) is 5.73 Å². The lowest BCUT2D eigenvalue weighted by Gasteiger charge is -2.30. The van der Waals surface area contributed by atoms with Crippen LogP contribution in [0.3, 0.4) is 0 Å². The van der Waals surface area contributed by atoms with Crippen molar-refractivity contribution in [2.75, 3.05) is 0 Å². The molecule has 3 N–H and O–H groups in total. The molecule has 8 heteroatoms. The number of likely N-dealkylation sites (tertiary alicyclic amines) is 1. The summed E-state index contributed by atoms with van der Waals surface area (Å²) in [5.41, 5.74) is 6.40. The normalized spacial score (nSPS) is 23.5. The molecule has 1 aromatic heterocycles. The Bertz CT molecular complexity index is 1040. The Morgan fingerprint density at radius 2 is 1.94 bits per heavy atom. The van der Waals surface area contributed by atoms with E-state index < -0.39 is 11.9 Å². The highest BCUT2D eigenvalue weighted by molar-refractivity contribution is 6.04. The van der Waals surface area contributed by atoms with Gasteiger partial charge in [-0.15, -0.1) is 0 Å². The lowest BCUT2D eigenvalue weighted by Crippen LogP contribution is -2.51. The molecule has 2 heterocycles. The van der Waals surface area contributed by atoms with Crippen molar-refractivity contribution in [3.05, 3.63) is 30.0 Å². The number of para-hydroxylation sites is 1. The monoisotopic (exact) mass is 425 g/mol. The Morgan fingerprint density at radius 1 is 1.23 bits per heavy atom. The van der Waals surface area contributed by atoms with Crippen LogP contribution in [0.4, 0.5) is 0 Å². The first-order valence-electron chi connectivity index (χ1n) is 10.9. The summed E-state index contributed by atoms with van der Waals surface area (Å²) in [6, 6.07) is 6.92. The molecule has 4 rings (SSSR count). The molecule has 0 unspecified atom stereocenters. The van der Waals surface area contributed by atoms with Crippen molar-refractivity contribution in [2.24, 2.45) is 17.1 Å². The molecule has 1 aromatic carbocycles. The molecule has 2 aromatic rings. The van der Waals surface area contributed by atoms with Gasteiger partial charge in [-0.1, -0.05) is 39.0 Å². The van der Waals surface area contributed by atoms with Crippen LogP contribution >= 0.6 is 0 Å². The Hall–Kier alpha value is -2.90. The van der Waals surface area contributed by atoms with Gasteiger partial charge >= 0.3 is 0 Å². The third kappa shape index (κ3) is 4.29. The van der Waals surface area contributed by atoms with Gasteiger partial charge in [0.05, 0.1) is 5.52 Å². The number of hydrogen-bond acceptors (Lipinski definition) is 4. The minimum Gasteiger partial charge on any atom is -0.364 e. The highest BCUT2D eigenvalue weighted by Crippen LogP contribution is 2.48. The standard InChI is InChI=1S/C23H31N5O3/c1-13(11-23(2,3)4)25-22(31)18-10-14-9-17(14)28(18)19(29)12-27-16-8-6-5-7-15(16)20(26-27)21(24)30/h5-8,13-14,17-18H,9-12H2,1-4H3,(H2,24,30)(H,25,31)/t13-,14-,17-,18+/m1/s1. The smallest absolute Gasteiger partial charge is 0.269 e. The fourth-order valence-electron chi connectivity index (χ4n) is 5.00. The number of hydrogen-bond donors (Lipinski definition) is 2. The Balaban J connectivity index is 1.51. The number of nitrogens with one attached hydrogen (secondary N) is 1. The molecule has 1 aliphatic heterocycles. The van der Waals surface area contributed by atoms with E-state index in [1.165, 1.54) is 4.68 Å². The second-order valence-electron chi connectivity index (χ2n) is 10.2. The van der Waals surface area contributed by atoms with Crippen LogP contribution in [0.15, 0.2) is 24.3 Å². The first-order valence-corrected chi connectivity index (χ1v) is 10.9. The Labute approximate surface area is 182 Å². The second-order valence-corrected chi connectivity index (χ2v) is 10.2. The van der Waals surface area contributed by atoms with Crippen LogP contribution in [0.2, 0.25) is 0 Å². The zero-order valence-corrected chi connectivity index (χ0v) is 18.6. The predicted octanol–water partition coefficient (Wildman–Crippen LogP) is 2.07. The van der Waals surface area contributed by atoms with Crippen LogP contribution in [0, 0.1) is 11.3 Å². The molecule has 2 aliphatic rings. The van der Waals surface area contributed by atoms with Crippen molar-refractivity contribution in [1.82, 2.24) is 20.0 Å². The Morgan fingerprint density at radius 3 is 2.61 bits per heavy atom. The minimum absolute atomic E-state index is 0.0294. The van der Waals surface area contributed by atoms with Crippen molar-refractivity contribution in [3.8, 4) is 0 Å². The molecular formula is C23H31N5O3. The molecule has 0 spiro atoms. The summed E-state index contributed by atoms with van der Waals surface area (Å²) in [4.78, 5) is 39.8. The third-order valence-electron chi connectivity index (χ3n) is 6.18. The largest absolute Gasteiger partial charge is 0.364 e. The van der Waals surface area contributed by atoms with E-state index in [1.54, 1.807) is 17.0 Å². The van der Waals surface area contributed by atoms with Crippen molar-refractivity contribution < 1.29 is 14.4 Å². The summed E-state index contributed by atoms with van der Waals surface area (Å²) in [7, 11) is 0. The molecular weight excluding hydrogens is 394 g/mol. The minimum atomic E-state index is -0.629. The lowest BCUT2D eigenvalue weighted by atomic mass is 9.88. The quantitative estimate of drug-likeness (QED) is 0.738. The van der Waals surface area contributed by atoms with Crippen LogP contribution in [-0.4, -0.2) is 50.5 Å². The average Bonchev–Trinajstić information content (AvgIpc) is 3.16. The highest BCUT2D eigenvalue weighted by Gasteiger charge is 2.56. The number of carbonyl (C=O) groups is 3. The van der Waals surface area contributed by atoms with Crippen molar-refractivity contribution in [1.29, 1.82) is 0 Å². The first-order chi connectivity index (χ1) is 14.5. The number of amides is 3. The van der Waals surface area contributed by atoms with Crippen LogP contribution in [-0.2, 0) is 16.1 Å². The van der Waals surface area contributed by atoms with Gasteiger partial charge in [0.2, 0.25) is 11.8 Å². The maximum absolute atomic E-state index is 13.3. The summed E-state index contributed by atoms with van der Waals surface area (Å²) in [6.07, 6.45) is 2.51. The van der Waals surface area contributed by atoms with E-state index in [1.807, 2.05) is 19.1 Å². The van der Waals surface area contributed by atoms with Crippen molar-refractivity contribution in [3.63, 3.8) is 0 Å². The predicted molar refractivity (Wildman–Crippen MR) is 117 cm³/mol. The van der Waals surface area contributed by atoms with E-state index in [0.29, 0.717) is 23.2 Å². The maximum atomic E-state index is 13.3. The average molecular weight is 426 g/mol. The van der Waals surface area contributed by atoms with Gasteiger partial charge in [0, 0.05) is 17.5 Å². The molecule has 1 saturated heterocycles. The third-order valence-corrected chi connectivity index (χ3v) is 6.18. The highest BCUT2D eigenvalue weighted by atomic mass is 16.2. The summed E-state index contributed by atoms with van der Waals surface area (Å²) in [6.45, 7) is 8.41. The second kappa shape index (κ2) is 7.66. The molecule has 4 atom stereocenters. The number of piperidine rings is 1. The van der Waals surface area contributed by atoms with E-state index in [0.717, 1.165) is 12.8 Å². The van der Waals surface area contributed by atoms with Crippen molar-refractivity contribution >= 4 is 28.6 Å². The van der Waals surface area contributed by atoms with Crippen LogP contribution in [0.1, 0.15) is 57.4 Å². The number of fused-ring (bicyclic) bond motifs is 2. The fourth-order valence-corrected chi connectivity index (χ4v) is 5.00. The van der Waals surface area contributed by atoms with E-state index in [-0.39, 0.29) is 41.6 Å². The summed E-state index contributed by atoms with van der Waals surface area (Å²) >= 11 is 0. The SMILES string of the molecule is C[C@H](CC(C)(C)C)NC(=O)[C@@H]1C[C@H]2C[C@H]2N1C(=O)Cn1nc(C(N)=O)c2ccccc21. The molecule has 8 nitrogen and oxygen atoms in total. The van der Waals surface area contributed by atoms with Crippen LogP contribution in [0.5, 0.6) is 0 Å². The van der Waals surface area contributed by atoms with E-state index >= 15 is 0 Å². The van der Waals surface area contributed by atoms with Crippen molar-refractivity contribution in [2.45, 2.75) is 71.6 Å². The number of nitrogens with two attached hydrogens (primary N) is 1. The van der Waals surface area contributed by atoms with Gasteiger partial charge in [-0.2, -0.15) is 5.10 Å². The molecule has 0 bridgehead atoms. The van der Waals surface area contributed by atoms with Crippen LogP contribution < -0.4 is 11.1 Å². The number of aromatic nitrogens is 2. The molecule has 1 saturated carbocycles. The Kier molecular flexibility index (Phi) is 5.27. The van der Waals surface area contributed by atoms with E-state index in [2.05, 4.69) is 31.2 Å². The number of rotatable bonds is 6. The van der Waals surface area contributed by atoms with Gasteiger partial charge in [0.25, 0.3) is 5.91 Å². The fraction of sp³-hybridized carbons (Fsp3) is 0.565. The maximum Gasteiger partial charge on any atom is 0.269 e. The van der Waals surface area contributed by atoms with Crippen LogP contribution in [0.25, 0.3) is 10.9 Å². The molecule has 3 amide bonds. The van der Waals surface area contributed by atoms with Gasteiger partial charge in [-0.3, -0.25) is 19.1 Å². The molecule has 1 aliphatic carbocycles. The number of nitrogens with zero attached hydrogens (tertiary/aromatic N) is 3. The topological polar surface area (TPSA) is 110 Å². The van der Waals surface area contributed by atoms with Gasteiger partial charge in [0.1, 0.15) is 12.6 Å². The molecule has 31 heavy (non-hydrogen) atoms. The molecule has 0 radical (unpaired) electrons. The van der Waals surface area contributed by atoms with E-state index in [9.17, 15) is 14.4 Å². The molecule has 166 valence electrons. The van der Waals surface area contributed by atoms with Gasteiger partial charge < -0.3 is 16.0 Å². The number of primary amides is 1. The van der Waals surface area contributed by atoms with Gasteiger partial charge in [-0.25, -0.2) is 0 Å². The summed E-state index contributed by atoms with van der Waals surface area (Å²) < 4.78 is 1.52. The number of carbonyl (C=O) groups excluding carboxylic acids is 3. The summed E-state index contributed by atoms with van der Waals surface area (Å²) in [5, 5.41) is 8.02. The zero-order valence-electron chi connectivity index (χ0n) is 18.6. The first kappa shape index (κ1) is 21.3. The number of benzene rings is 1. The zero-order chi connectivity index (χ0) is 22.5. The molecule has 2 fully saturated rings. The summed E-state index contributed by atoms with van der Waals surface area (Å²) in [5.74, 6) is -0.470.